The van der Waals surface area contributed by atoms with Gasteiger partial charge in [-0.2, -0.15) is 11.8 Å². The molecule has 0 unspecified atom stereocenters. The Kier molecular flexibility index (Phi) is 17.8. The minimum atomic E-state index is -1.14. The van der Waals surface area contributed by atoms with E-state index in [0.717, 1.165) is 11.1 Å². The summed E-state index contributed by atoms with van der Waals surface area (Å²) in [5.74, 6) is -2.84. The highest BCUT2D eigenvalue weighted by molar-refractivity contribution is 7.98. The van der Waals surface area contributed by atoms with Crippen LogP contribution in [0.2, 0.25) is 0 Å². The molecule has 3 rings (SSSR count). The van der Waals surface area contributed by atoms with Crippen molar-refractivity contribution in [3.63, 3.8) is 0 Å². The fourth-order valence-corrected chi connectivity index (χ4v) is 5.95. The number of primary amides is 1. The lowest BCUT2D eigenvalue weighted by atomic mass is 10.0. The summed E-state index contributed by atoms with van der Waals surface area (Å²) in [6.45, 7) is 0.174. The van der Waals surface area contributed by atoms with Gasteiger partial charge in [-0.15, -0.1) is 0 Å². The Hall–Kier alpha value is -5.61. The Bertz CT molecular complexity index is 1690. The Morgan fingerprint density at radius 2 is 1.09 bits per heavy atom. The Labute approximate surface area is 319 Å². The molecule has 54 heavy (non-hydrogen) atoms. The van der Waals surface area contributed by atoms with Crippen LogP contribution < -0.4 is 44.2 Å². The molecule has 13 N–H and O–H groups in total. The second kappa shape index (κ2) is 22.5. The van der Waals surface area contributed by atoms with Crippen LogP contribution in [0.4, 0.5) is 0 Å². The lowest BCUT2D eigenvalue weighted by Crippen LogP contribution is -2.59. The van der Waals surface area contributed by atoms with Gasteiger partial charge in [0, 0.05) is 19.4 Å². The molecule has 0 saturated carbocycles. The summed E-state index contributed by atoms with van der Waals surface area (Å²) in [5.41, 5.74) is 25.0. The van der Waals surface area contributed by atoms with Crippen LogP contribution in [0.3, 0.4) is 0 Å². The van der Waals surface area contributed by atoms with Crippen LogP contribution in [0.1, 0.15) is 36.0 Å². The van der Waals surface area contributed by atoms with Crippen molar-refractivity contribution >= 4 is 47.3 Å². The third-order valence-corrected chi connectivity index (χ3v) is 9.05. The number of thioether (sulfide) groups is 1. The molecule has 0 heterocycles. The van der Waals surface area contributed by atoms with E-state index in [1.165, 1.54) is 23.9 Å². The molecule has 0 aliphatic rings. The third kappa shape index (κ3) is 15.2. The van der Waals surface area contributed by atoms with Crippen LogP contribution in [0.25, 0.3) is 0 Å². The molecule has 0 fully saturated rings. The van der Waals surface area contributed by atoms with E-state index in [-0.39, 0.29) is 50.4 Å². The first kappa shape index (κ1) is 42.8. The van der Waals surface area contributed by atoms with Crippen LogP contribution >= 0.6 is 11.8 Å². The summed E-state index contributed by atoms with van der Waals surface area (Å²) in [6.07, 6.45) is 2.84. The van der Waals surface area contributed by atoms with Gasteiger partial charge in [0.05, 0.1) is 6.04 Å². The van der Waals surface area contributed by atoms with Gasteiger partial charge in [-0.25, -0.2) is 0 Å². The Morgan fingerprint density at radius 1 is 0.630 bits per heavy atom. The molecular formula is C38H51N9O6S. The lowest BCUT2D eigenvalue weighted by Gasteiger charge is -2.27. The number of carbonyl (C=O) groups is 5. The van der Waals surface area contributed by atoms with Gasteiger partial charge in [-0.3, -0.25) is 29.0 Å². The molecule has 5 atom stereocenters. The molecule has 3 aromatic rings. The highest BCUT2D eigenvalue weighted by Crippen LogP contribution is 2.12. The Morgan fingerprint density at radius 3 is 1.61 bits per heavy atom. The highest BCUT2D eigenvalue weighted by atomic mass is 32.2. The molecule has 290 valence electrons. The largest absolute Gasteiger partial charge is 0.508 e. The number of aliphatic imine (C=N–C) groups is 1. The van der Waals surface area contributed by atoms with E-state index in [1.54, 1.807) is 48.5 Å². The number of hydrogen-bond acceptors (Lipinski definition) is 9. The van der Waals surface area contributed by atoms with Crippen molar-refractivity contribution in [2.75, 3.05) is 18.6 Å². The van der Waals surface area contributed by atoms with Crippen molar-refractivity contribution in [2.24, 2.45) is 27.9 Å². The van der Waals surface area contributed by atoms with Crippen molar-refractivity contribution in [1.82, 2.24) is 21.3 Å². The number of hydrogen-bond donors (Lipinski definition) is 9. The molecule has 3 aromatic carbocycles. The number of carbonyl (C=O) groups excluding carboxylic acids is 5. The van der Waals surface area contributed by atoms with Gasteiger partial charge in [0.2, 0.25) is 29.5 Å². The minimum Gasteiger partial charge on any atom is -0.508 e. The molecule has 5 amide bonds. The maximum absolute atomic E-state index is 13.9. The average molecular weight is 762 g/mol. The predicted octanol–water partition coefficient (Wildman–Crippen LogP) is -0.0214. The first-order valence-corrected chi connectivity index (χ1v) is 18.9. The van der Waals surface area contributed by atoms with E-state index in [2.05, 4.69) is 26.3 Å². The third-order valence-electron chi connectivity index (χ3n) is 8.41. The Balaban J connectivity index is 1.80. The number of rotatable bonds is 22. The fourth-order valence-electron chi connectivity index (χ4n) is 5.48. The van der Waals surface area contributed by atoms with Gasteiger partial charge < -0.3 is 49.3 Å². The zero-order valence-corrected chi connectivity index (χ0v) is 31.1. The maximum atomic E-state index is 13.9. The van der Waals surface area contributed by atoms with E-state index >= 15 is 0 Å². The summed E-state index contributed by atoms with van der Waals surface area (Å²) < 4.78 is 0. The highest BCUT2D eigenvalue weighted by Gasteiger charge is 2.31. The lowest BCUT2D eigenvalue weighted by molar-refractivity contribution is -0.134. The monoisotopic (exact) mass is 761 g/mol. The van der Waals surface area contributed by atoms with Gasteiger partial charge in [0.25, 0.3) is 0 Å². The van der Waals surface area contributed by atoms with E-state index in [1.807, 2.05) is 30.5 Å². The number of phenols is 1. The van der Waals surface area contributed by atoms with Crippen molar-refractivity contribution in [2.45, 2.75) is 68.7 Å². The molecule has 0 aliphatic carbocycles. The number of guanidine groups is 1. The number of amides is 5. The molecule has 0 bridgehead atoms. The number of nitrogens with two attached hydrogens (primary N) is 4. The van der Waals surface area contributed by atoms with Crippen molar-refractivity contribution in [1.29, 1.82) is 0 Å². The first-order valence-electron chi connectivity index (χ1n) is 17.5. The molecule has 15 nitrogen and oxygen atoms in total. The quantitative estimate of drug-likeness (QED) is 0.0375. The zero-order chi connectivity index (χ0) is 39.5. The average Bonchev–Trinajstić information content (AvgIpc) is 3.15. The number of nitrogens with zero attached hydrogens (tertiary/aromatic N) is 1. The predicted molar refractivity (Wildman–Crippen MR) is 210 cm³/mol. The SMILES string of the molecule is CSCC[C@H](NC(=O)[C@H](Cc1ccccc1)NC(=O)[C@H](N)Cc1ccc(O)cc1)C(=O)N[C@H](CCCN=C(N)N)C(=O)N[C@H](Cc1ccccc1)C(N)=O. The summed E-state index contributed by atoms with van der Waals surface area (Å²) in [5, 5.41) is 20.5. The number of phenolic OH excluding ortho intramolecular Hbond substituents is 1. The normalized spacial score (nSPS) is 13.6. The van der Waals surface area contributed by atoms with E-state index in [0.29, 0.717) is 17.7 Å². The van der Waals surface area contributed by atoms with Gasteiger partial charge in [-0.05, 0) is 66.5 Å². The maximum Gasteiger partial charge on any atom is 0.243 e. The number of aromatic hydroxyl groups is 1. The van der Waals surface area contributed by atoms with Gasteiger partial charge in [0.15, 0.2) is 5.96 Å². The summed E-state index contributed by atoms with van der Waals surface area (Å²) >= 11 is 1.46. The van der Waals surface area contributed by atoms with E-state index in [4.69, 9.17) is 22.9 Å². The fraction of sp³-hybridized carbons (Fsp3) is 0.368. The van der Waals surface area contributed by atoms with Crippen LogP contribution in [-0.2, 0) is 43.2 Å². The van der Waals surface area contributed by atoms with Crippen molar-refractivity contribution in [3.8, 4) is 5.75 Å². The first-order chi connectivity index (χ1) is 25.9. The van der Waals surface area contributed by atoms with Gasteiger partial charge in [-0.1, -0.05) is 72.8 Å². The van der Waals surface area contributed by atoms with Gasteiger partial charge >= 0.3 is 0 Å². The number of nitrogens with one attached hydrogen (secondary N) is 4. The second-order valence-electron chi connectivity index (χ2n) is 12.7. The molecular weight excluding hydrogens is 711 g/mol. The van der Waals surface area contributed by atoms with Gasteiger partial charge in [0.1, 0.15) is 29.9 Å². The summed E-state index contributed by atoms with van der Waals surface area (Å²) in [4.78, 5) is 71.1. The van der Waals surface area contributed by atoms with Crippen molar-refractivity contribution in [3.05, 3.63) is 102 Å². The van der Waals surface area contributed by atoms with Crippen LogP contribution in [0.15, 0.2) is 89.9 Å². The van der Waals surface area contributed by atoms with E-state index < -0.39 is 59.7 Å². The molecule has 0 spiro atoms. The zero-order valence-electron chi connectivity index (χ0n) is 30.3. The molecule has 0 radical (unpaired) electrons. The molecule has 16 heteroatoms. The molecule has 0 saturated heterocycles. The number of benzene rings is 3. The molecule has 0 aliphatic heterocycles. The van der Waals surface area contributed by atoms with E-state index in [9.17, 15) is 29.1 Å². The second-order valence-corrected chi connectivity index (χ2v) is 13.7. The smallest absolute Gasteiger partial charge is 0.243 e. The summed E-state index contributed by atoms with van der Waals surface area (Å²) in [7, 11) is 0. The molecule has 0 aromatic heterocycles. The topological polar surface area (TPSA) is 270 Å². The van der Waals surface area contributed by atoms with Crippen LogP contribution in [0, 0.1) is 0 Å². The van der Waals surface area contributed by atoms with Crippen molar-refractivity contribution < 1.29 is 29.1 Å². The standard InChI is InChI=1S/C38H51N9O6S/c1-54-20-18-30(36(52)44-29(13-8-19-43-38(41)42)35(51)46-31(33(40)49)22-24-9-4-2-5-10-24)45-37(53)32(23-25-11-6-3-7-12-25)47-34(50)28(39)21-26-14-16-27(48)17-15-26/h2-7,9-12,14-17,28-32,48H,8,13,18-23,39H2,1H3,(H2,40,49)(H,44,52)(H,45,53)(H,46,51)(H,47,50)(H4,41,42,43)/t28-,29-,30+,31-,32+/m1/s1. The van der Waals surface area contributed by atoms with Crippen LogP contribution in [-0.4, -0.2) is 89.4 Å². The minimum absolute atomic E-state index is 0.0761. The summed E-state index contributed by atoms with van der Waals surface area (Å²) in [6, 6.07) is 18.9. The van der Waals surface area contributed by atoms with Crippen LogP contribution in [0.5, 0.6) is 5.75 Å².